The zero-order chi connectivity index (χ0) is 19.4. The van der Waals surface area contributed by atoms with Crippen LogP contribution in [0.1, 0.15) is 15.9 Å². The summed E-state index contributed by atoms with van der Waals surface area (Å²) in [6.45, 7) is 1.96. The number of rotatable bonds is 5. The van der Waals surface area contributed by atoms with Gasteiger partial charge in [-0.25, -0.2) is 4.98 Å². The first-order valence-corrected chi connectivity index (χ1v) is 8.88. The summed E-state index contributed by atoms with van der Waals surface area (Å²) >= 11 is 5.99. The van der Waals surface area contributed by atoms with Crippen molar-refractivity contribution in [3.8, 4) is 0 Å². The molecule has 6 heteroatoms. The molecule has 138 valence electrons. The summed E-state index contributed by atoms with van der Waals surface area (Å²) in [5.41, 5.74) is 4.23. The van der Waals surface area contributed by atoms with Gasteiger partial charge in [-0.3, -0.25) is 4.79 Å². The highest BCUT2D eigenvalue weighted by Crippen LogP contribution is 2.23. The van der Waals surface area contributed by atoms with E-state index in [2.05, 4.69) is 15.6 Å². The molecule has 2 aromatic carbocycles. The van der Waals surface area contributed by atoms with Crippen molar-refractivity contribution in [2.24, 2.45) is 0 Å². The molecule has 0 saturated carbocycles. The lowest BCUT2D eigenvalue weighted by atomic mass is 10.2. The van der Waals surface area contributed by atoms with Crippen molar-refractivity contribution >= 4 is 40.4 Å². The molecule has 5 nitrogen and oxygen atoms in total. The van der Waals surface area contributed by atoms with Crippen LogP contribution in [0.25, 0.3) is 0 Å². The second-order valence-electron chi connectivity index (χ2n) is 6.41. The molecule has 0 unspecified atom stereocenters. The smallest absolute Gasteiger partial charge is 0.255 e. The molecule has 0 radical (unpaired) electrons. The first-order valence-electron chi connectivity index (χ1n) is 8.50. The second kappa shape index (κ2) is 8.10. The Morgan fingerprint density at radius 1 is 1.04 bits per heavy atom. The lowest BCUT2D eigenvalue weighted by Gasteiger charge is -2.13. The molecule has 1 aromatic heterocycles. The van der Waals surface area contributed by atoms with E-state index in [1.165, 1.54) is 0 Å². The minimum absolute atomic E-state index is 0.189. The average molecular weight is 381 g/mol. The minimum atomic E-state index is -0.189. The van der Waals surface area contributed by atoms with Gasteiger partial charge in [0.25, 0.3) is 5.91 Å². The lowest BCUT2D eigenvalue weighted by molar-refractivity contribution is 0.102. The number of aryl methyl sites for hydroxylation is 1. The van der Waals surface area contributed by atoms with E-state index in [9.17, 15) is 4.79 Å². The van der Waals surface area contributed by atoms with Crippen LogP contribution in [-0.2, 0) is 0 Å². The molecule has 3 rings (SSSR count). The first kappa shape index (κ1) is 18.7. The Morgan fingerprint density at radius 2 is 1.78 bits per heavy atom. The molecule has 1 amide bonds. The van der Waals surface area contributed by atoms with Crippen LogP contribution >= 0.6 is 11.6 Å². The molecule has 0 aliphatic heterocycles. The summed E-state index contributed by atoms with van der Waals surface area (Å²) in [5, 5.41) is 6.81. The zero-order valence-corrected chi connectivity index (χ0v) is 16.2. The van der Waals surface area contributed by atoms with E-state index in [-0.39, 0.29) is 5.91 Å². The maximum absolute atomic E-state index is 12.6. The van der Waals surface area contributed by atoms with Gasteiger partial charge in [0.2, 0.25) is 0 Å². The van der Waals surface area contributed by atoms with Gasteiger partial charge in [-0.2, -0.15) is 0 Å². The summed E-state index contributed by atoms with van der Waals surface area (Å²) < 4.78 is 0. The molecule has 0 aliphatic carbocycles. The Hall–Kier alpha value is -3.05. The van der Waals surface area contributed by atoms with Crippen LogP contribution in [0.2, 0.25) is 5.02 Å². The fraction of sp³-hybridized carbons (Fsp3) is 0.143. The van der Waals surface area contributed by atoms with Crippen molar-refractivity contribution in [3.63, 3.8) is 0 Å². The van der Waals surface area contributed by atoms with Crippen molar-refractivity contribution in [1.29, 1.82) is 0 Å². The Balaban J connectivity index is 1.73. The fourth-order valence-corrected chi connectivity index (χ4v) is 2.82. The maximum Gasteiger partial charge on any atom is 0.255 e. The Kier molecular flexibility index (Phi) is 5.62. The maximum atomic E-state index is 12.6. The van der Waals surface area contributed by atoms with Crippen LogP contribution in [0, 0.1) is 6.92 Å². The number of carbonyl (C=O) groups excluding carboxylic acids is 1. The predicted molar refractivity (Wildman–Crippen MR) is 112 cm³/mol. The minimum Gasteiger partial charge on any atom is -0.378 e. The molecule has 27 heavy (non-hydrogen) atoms. The van der Waals surface area contributed by atoms with Crippen LogP contribution in [-0.4, -0.2) is 25.0 Å². The number of nitrogens with zero attached hydrogens (tertiary/aromatic N) is 2. The van der Waals surface area contributed by atoms with Crippen molar-refractivity contribution in [3.05, 3.63) is 76.9 Å². The average Bonchev–Trinajstić information content (AvgIpc) is 2.65. The number of anilines is 4. The number of benzene rings is 2. The van der Waals surface area contributed by atoms with Gasteiger partial charge >= 0.3 is 0 Å². The quantitative estimate of drug-likeness (QED) is 0.646. The molecular weight excluding hydrogens is 360 g/mol. The number of hydrogen-bond donors (Lipinski definition) is 2. The van der Waals surface area contributed by atoms with Gasteiger partial charge in [0.1, 0.15) is 5.82 Å². The molecule has 0 atom stereocenters. The molecule has 0 aliphatic rings. The van der Waals surface area contributed by atoms with Crippen LogP contribution in [0.15, 0.2) is 60.8 Å². The molecule has 0 spiro atoms. The number of carbonyl (C=O) groups is 1. The van der Waals surface area contributed by atoms with Gasteiger partial charge in [0.05, 0.1) is 0 Å². The molecule has 0 fully saturated rings. The van der Waals surface area contributed by atoms with Gasteiger partial charge in [-0.15, -0.1) is 0 Å². The Morgan fingerprint density at radius 3 is 2.44 bits per heavy atom. The molecule has 0 saturated heterocycles. The summed E-state index contributed by atoms with van der Waals surface area (Å²) in [4.78, 5) is 18.8. The summed E-state index contributed by atoms with van der Waals surface area (Å²) in [6.07, 6.45) is 1.61. The van der Waals surface area contributed by atoms with Crippen LogP contribution < -0.4 is 15.5 Å². The second-order valence-corrected chi connectivity index (χ2v) is 6.85. The van der Waals surface area contributed by atoms with E-state index in [1.54, 1.807) is 18.3 Å². The Labute approximate surface area is 164 Å². The predicted octanol–water partition coefficient (Wildman–Crippen LogP) is 5.11. The van der Waals surface area contributed by atoms with E-state index in [4.69, 9.17) is 11.6 Å². The van der Waals surface area contributed by atoms with E-state index in [0.29, 0.717) is 16.4 Å². The highest BCUT2D eigenvalue weighted by molar-refractivity contribution is 6.30. The van der Waals surface area contributed by atoms with Crippen molar-refractivity contribution < 1.29 is 4.79 Å². The molecule has 2 N–H and O–H groups in total. The summed E-state index contributed by atoms with van der Waals surface area (Å²) in [6, 6.07) is 16.6. The van der Waals surface area contributed by atoms with Crippen LogP contribution in [0.4, 0.5) is 22.9 Å². The molecule has 3 aromatic rings. The molecule has 1 heterocycles. The monoisotopic (exact) mass is 380 g/mol. The van der Waals surface area contributed by atoms with Gasteiger partial charge in [-0.1, -0.05) is 11.6 Å². The standard InChI is InChI=1S/C21H21ClN4O/c1-14-12-16(22)4-9-19(14)25-20-13-15(10-11-23-20)21(27)24-17-5-7-18(8-6-17)26(2)3/h4-13H,1-3H3,(H,23,25)(H,24,27). The van der Waals surface area contributed by atoms with E-state index in [1.807, 2.05) is 68.4 Å². The number of aromatic nitrogens is 1. The molecular formula is C21H21ClN4O. The third-order valence-corrected chi connectivity index (χ3v) is 4.35. The Bertz CT molecular complexity index is 955. The lowest BCUT2D eigenvalue weighted by Crippen LogP contribution is -2.13. The largest absolute Gasteiger partial charge is 0.378 e. The van der Waals surface area contributed by atoms with Crippen molar-refractivity contribution in [2.45, 2.75) is 6.92 Å². The van der Waals surface area contributed by atoms with Crippen molar-refractivity contribution in [2.75, 3.05) is 29.6 Å². The van der Waals surface area contributed by atoms with Gasteiger partial charge < -0.3 is 15.5 Å². The topological polar surface area (TPSA) is 57.3 Å². The number of hydrogen-bond acceptors (Lipinski definition) is 4. The van der Waals surface area contributed by atoms with Gasteiger partial charge in [0.15, 0.2) is 0 Å². The third kappa shape index (κ3) is 4.77. The fourth-order valence-electron chi connectivity index (χ4n) is 2.59. The molecule has 0 bridgehead atoms. The highest BCUT2D eigenvalue weighted by Gasteiger charge is 2.09. The zero-order valence-electron chi connectivity index (χ0n) is 15.5. The number of amides is 1. The first-order chi connectivity index (χ1) is 12.9. The number of halogens is 1. The third-order valence-electron chi connectivity index (χ3n) is 4.11. The van der Waals surface area contributed by atoms with Crippen molar-refractivity contribution in [1.82, 2.24) is 4.98 Å². The van der Waals surface area contributed by atoms with E-state index >= 15 is 0 Å². The summed E-state index contributed by atoms with van der Waals surface area (Å²) in [7, 11) is 3.95. The van der Waals surface area contributed by atoms with Crippen LogP contribution in [0.3, 0.4) is 0 Å². The van der Waals surface area contributed by atoms with Gasteiger partial charge in [0, 0.05) is 47.9 Å². The highest BCUT2D eigenvalue weighted by atomic mass is 35.5. The van der Waals surface area contributed by atoms with E-state index < -0.39 is 0 Å². The SMILES string of the molecule is Cc1cc(Cl)ccc1Nc1cc(C(=O)Nc2ccc(N(C)C)cc2)ccn1. The number of pyridine rings is 1. The van der Waals surface area contributed by atoms with Crippen LogP contribution in [0.5, 0.6) is 0 Å². The van der Waals surface area contributed by atoms with E-state index in [0.717, 1.165) is 22.6 Å². The van der Waals surface area contributed by atoms with Gasteiger partial charge in [-0.05, 0) is 67.1 Å². The summed E-state index contributed by atoms with van der Waals surface area (Å²) in [5.74, 6) is 0.405. The number of nitrogens with one attached hydrogen (secondary N) is 2. The normalized spacial score (nSPS) is 10.4.